The number of aromatic nitrogens is 2. The lowest BCUT2D eigenvalue weighted by molar-refractivity contribution is 0.0578. The first kappa shape index (κ1) is 24.5. The molecule has 1 aliphatic heterocycles. The summed E-state index contributed by atoms with van der Waals surface area (Å²) in [5.74, 6) is -0.280. The predicted octanol–water partition coefficient (Wildman–Crippen LogP) is 2.85. The van der Waals surface area contributed by atoms with E-state index < -0.39 is 17.8 Å². The number of ether oxygens (including phenoxy) is 2. The zero-order valence-corrected chi connectivity index (χ0v) is 20.0. The van der Waals surface area contributed by atoms with Gasteiger partial charge in [-0.05, 0) is 29.8 Å². The Balaban J connectivity index is 1.79. The number of methoxy groups -OCH3 is 2. The number of hydrogen-bond acceptors (Lipinski definition) is 8. The Labute approximate surface area is 205 Å². The quantitative estimate of drug-likeness (QED) is 0.472. The maximum Gasteiger partial charge on any atom is 0.167 e. The Morgan fingerprint density at radius 1 is 0.914 bits per heavy atom. The van der Waals surface area contributed by atoms with Gasteiger partial charge in [0, 0.05) is 67.5 Å². The number of likely N-dealkylation sites (tertiary alicyclic amines) is 1. The van der Waals surface area contributed by atoms with Crippen molar-refractivity contribution in [1.82, 2.24) is 14.9 Å². The van der Waals surface area contributed by atoms with Crippen LogP contribution in [0.1, 0.15) is 32.2 Å². The third-order valence-electron chi connectivity index (χ3n) is 6.57. The second-order valence-electron chi connectivity index (χ2n) is 8.65. The third-order valence-corrected chi connectivity index (χ3v) is 6.57. The number of carbonyl (C=O) groups excluding carboxylic acids is 2. The van der Waals surface area contributed by atoms with Crippen LogP contribution in [0.3, 0.4) is 0 Å². The number of Topliss-reactive ketones (excluding diaryl/α,β-unsaturated/α-hetero) is 2. The Hall–Kier alpha value is -3.62. The molecule has 0 bridgehead atoms. The van der Waals surface area contributed by atoms with E-state index in [4.69, 9.17) is 15.2 Å². The summed E-state index contributed by atoms with van der Waals surface area (Å²) >= 11 is 0. The van der Waals surface area contributed by atoms with Gasteiger partial charge in [0.15, 0.2) is 11.6 Å². The predicted molar refractivity (Wildman–Crippen MR) is 132 cm³/mol. The number of nitrogens with zero attached hydrogens (tertiary/aromatic N) is 3. The summed E-state index contributed by atoms with van der Waals surface area (Å²) in [5.41, 5.74) is 7.73. The lowest BCUT2D eigenvalue weighted by Crippen LogP contribution is -2.51. The van der Waals surface area contributed by atoms with Crippen molar-refractivity contribution in [3.63, 3.8) is 0 Å². The van der Waals surface area contributed by atoms with Gasteiger partial charge < -0.3 is 20.1 Å². The van der Waals surface area contributed by atoms with Crippen molar-refractivity contribution < 1.29 is 19.1 Å². The molecule has 0 saturated carbocycles. The zero-order valence-electron chi connectivity index (χ0n) is 20.0. The van der Waals surface area contributed by atoms with E-state index >= 15 is 0 Å². The summed E-state index contributed by atoms with van der Waals surface area (Å²) in [6.07, 6.45) is 4.85. The van der Waals surface area contributed by atoms with Crippen molar-refractivity contribution in [2.24, 2.45) is 17.6 Å². The summed E-state index contributed by atoms with van der Waals surface area (Å²) in [7, 11) is 3.14. The second-order valence-corrected chi connectivity index (χ2v) is 8.65. The summed E-state index contributed by atoms with van der Waals surface area (Å²) in [4.78, 5) is 38.3. The number of piperidine rings is 1. The van der Waals surface area contributed by atoms with E-state index in [1.54, 1.807) is 75.1 Å². The maximum absolute atomic E-state index is 13.9. The van der Waals surface area contributed by atoms with Gasteiger partial charge in [0.05, 0.1) is 14.2 Å². The number of ketones is 2. The van der Waals surface area contributed by atoms with Crippen molar-refractivity contribution >= 4 is 11.6 Å². The smallest absolute Gasteiger partial charge is 0.167 e. The minimum atomic E-state index is -0.493. The average molecular weight is 475 g/mol. The van der Waals surface area contributed by atoms with Crippen LogP contribution in [0.15, 0.2) is 67.3 Å². The summed E-state index contributed by atoms with van der Waals surface area (Å²) in [6, 6.07) is 14.2. The molecule has 4 rings (SSSR count). The summed E-state index contributed by atoms with van der Waals surface area (Å²) in [6.45, 7) is 1.98. The first-order valence-electron chi connectivity index (χ1n) is 11.6. The van der Waals surface area contributed by atoms with Crippen LogP contribution in [0, 0.1) is 11.8 Å². The lowest BCUT2D eigenvalue weighted by Gasteiger charge is -2.42. The van der Waals surface area contributed by atoms with Crippen molar-refractivity contribution in [1.29, 1.82) is 0 Å². The van der Waals surface area contributed by atoms with E-state index in [0.29, 0.717) is 48.8 Å². The molecule has 182 valence electrons. The summed E-state index contributed by atoms with van der Waals surface area (Å²) in [5, 5.41) is 0. The van der Waals surface area contributed by atoms with E-state index in [0.717, 1.165) is 5.56 Å². The van der Waals surface area contributed by atoms with Crippen molar-refractivity contribution in [2.75, 3.05) is 40.4 Å². The third kappa shape index (κ3) is 5.39. The second kappa shape index (κ2) is 11.2. The minimum absolute atomic E-state index is 0.0529. The molecule has 1 fully saturated rings. The van der Waals surface area contributed by atoms with E-state index in [9.17, 15) is 9.59 Å². The largest absolute Gasteiger partial charge is 0.497 e. The van der Waals surface area contributed by atoms with Gasteiger partial charge in [-0.1, -0.05) is 24.3 Å². The average Bonchev–Trinajstić information content (AvgIpc) is 2.92. The molecular formula is C27H30N4O4. The fourth-order valence-electron chi connectivity index (χ4n) is 4.92. The number of hydrogen-bond donors (Lipinski definition) is 1. The highest BCUT2D eigenvalue weighted by Crippen LogP contribution is 2.40. The van der Waals surface area contributed by atoms with Gasteiger partial charge in [-0.25, -0.2) is 9.97 Å². The van der Waals surface area contributed by atoms with Gasteiger partial charge in [-0.15, -0.1) is 0 Å². The molecule has 2 heterocycles. The van der Waals surface area contributed by atoms with Crippen molar-refractivity contribution in [2.45, 2.75) is 5.92 Å². The SMILES string of the molecule is COc1cccc(C(=O)[C@H]2CN(CCN)C[C@@H](C(=O)c3cccc(OC)c3)[C@@H]2c2cncnc2)c1. The van der Waals surface area contributed by atoms with E-state index in [1.807, 2.05) is 0 Å². The van der Waals surface area contributed by atoms with Crippen LogP contribution in [0.25, 0.3) is 0 Å². The normalized spacial score (nSPS) is 20.3. The standard InChI is InChI=1S/C27H30N4O4/c1-34-21-7-3-5-18(11-21)26(32)23-15-31(10-9-28)16-24(25(23)20-13-29-17-30-14-20)27(33)19-6-4-8-22(12-19)35-2/h3-8,11-14,17,23-25H,9-10,15-16,28H2,1-2H3/t23-,24+,25+. The molecule has 0 unspecified atom stereocenters. The van der Waals surface area contributed by atoms with Crippen LogP contribution in [0.2, 0.25) is 0 Å². The van der Waals surface area contributed by atoms with Crippen LogP contribution in [0.5, 0.6) is 11.5 Å². The topological polar surface area (TPSA) is 108 Å². The number of rotatable bonds is 9. The number of nitrogens with two attached hydrogens (primary N) is 1. The molecule has 3 aromatic rings. The van der Waals surface area contributed by atoms with Crippen LogP contribution in [0.4, 0.5) is 0 Å². The van der Waals surface area contributed by atoms with E-state index in [2.05, 4.69) is 14.9 Å². The fraction of sp³-hybridized carbons (Fsp3) is 0.333. The van der Waals surface area contributed by atoms with Gasteiger partial charge in [-0.2, -0.15) is 0 Å². The number of carbonyl (C=O) groups is 2. The first-order valence-corrected chi connectivity index (χ1v) is 11.6. The molecule has 1 aliphatic rings. The number of benzene rings is 2. The molecule has 8 nitrogen and oxygen atoms in total. The molecule has 0 aliphatic carbocycles. The Morgan fingerprint density at radius 3 is 1.89 bits per heavy atom. The highest BCUT2D eigenvalue weighted by atomic mass is 16.5. The molecule has 1 aromatic heterocycles. The first-order chi connectivity index (χ1) is 17.0. The van der Waals surface area contributed by atoms with Gasteiger partial charge >= 0.3 is 0 Å². The van der Waals surface area contributed by atoms with Gasteiger partial charge in [0.2, 0.25) is 0 Å². The molecule has 0 radical (unpaired) electrons. The van der Waals surface area contributed by atoms with Gasteiger partial charge in [-0.3, -0.25) is 9.59 Å². The van der Waals surface area contributed by atoms with Gasteiger partial charge in [0.25, 0.3) is 0 Å². The summed E-state index contributed by atoms with van der Waals surface area (Å²) < 4.78 is 10.7. The molecule has 8 heteroatoms. The molecule has 1 saturated heterocycles. The maximum atomic E-state index is 13.9. The van der Waals surface area contributed by atoms with E-state index in [1.165, 1.54) is 6.33 Å². The molecule has 0 amide bonds. The van der Waals surface area contributed by atoms with E-state index in [-0.39, 0.29) is 11.6 Å². The monoisotopic (exact) mass is 474 g/mol. The van der Waals surface area contributed by atoms with Gasteiger partial charge in [0.1, 0.15) is 17.8 Å². The lowest BCUT2D eigenvalue weighted by atomic mass is 9.69. The van der Waals surface area contributed by atoms with Crippen molar-refractivity contribution in [3.8, 4) is 11.5 Å². The molecule has 2 N–H and O–H groups in total. The van der Waals surface area contributed by atoms with Crippen LogP contribution in [-0.4, -0.2) is 66.8 Å². The van der Waals surface area contributed by atoms with Crippen LogP contribution in [-0.2, 0) is 0 Å². The van der Waals surface area contributed by atoms with Crippen LogP contribution >= 0.6 is 0 Å². The molecule has 3 atom stereocenters. The molecular weight excluding hydrogens is 444 g/mol. The molecule has 0 spiro atoms. The Morgan fingerprint density at radius 2 is 1.43 bits per heavy atom. The molecule has 2 aromatic carbocycles. The fourth-order valence-corrected chi connectivity index (χ4v) is 4.92. The van der Waals surface area contributed by atoms with Crippen LogP contribution < -0.4 is 15.2 Å². The minimum Gasteiger partial charge on any atom is -0.497 e. The Bertz CT molecular complexity index is 1100. The highest BCUT2D eigenvalue weighted by molar-refractivity contribution is 6.02. The Kier molecular flexibility index (Phi) is 7.84. The van der Waals surface area contributed by atoms with Crippen molar-refractivity contribution in [3.05, 3.63) is 83.9 Å². The molecule has 35 heavy (non-hydrogen) atoms. The highest BCUT2D eigenvalue weighted by Gasteiger charge is 2.45. The zero-order chi connectivity index (χ0) is 24.8.